The third-order valence-electron chi connectivity index (χ3n) is 8.06. The molecule has 0 saturated heterocycles. The van der Waals surface area contributed by atoms with Gasteiger partial charge < -0.3 is 38.3 Å². The number of nitrogens with one attached hydrogen (secondary N) is 2. The maximum atomic E-state index is 14.0. The summed E-state index contributed by atoms with van der Waals surface area (Å²) in [5.41, 5.74) is 0.968. The van der Waals surface area contributed by atoms with Crippen molar-refractivity contribution in [3.63, 3.8) is 0 Å². The molecule has 3 aromatic heterocycles. The number of aromatic amines is 1. The first kappa shape index (κ1) is 34.7. The summed E-state index contributed by atoms with van der Waals surface area (Å²) in [6.45, 7) is -0.558. The summed E-state index contributed by atoms with van der Waals surface area (Å²) in [6, 6.07) is 18.6. The van der Waals surface area contributed by atoms with E-state index in [1.807, 2.05) is 0 Å². The number of tetrazole rings is 1. The number of rotatable bonds is 13. The lowest BCUT2D eigenvalue weighted by molar-refractivity contribution is 0.173. The van der Waals surface area contributed by atoms with Crippen LogP contribution < -0.4 is 42.8 Å². The van der Waals surface area contributed by atoms with E-state index < -0.39 is 16.1 Å². The number of para-hydroxylation sites is 2. The van der Waals surface area contributed by atoms with E-state index in [4.69, 9.17) is 33.2 Å². The van der Waals surface area contributed by atoms with Gasteiger partial charge in [0.2, 0.25) is 19.3 Å². The Morgan fingerprint density at radius 3 is 2.42 bits per heavy atom. The first-order chi connectivity index (χ1) is 26.8. The van der Waals surface area contributed by atoms with Crippen molar-refractivity contribution in [2.45, 2.75) is 4.90 Å². The Hall–Kier alpha value is -7.42. The summed E-state index contributed by atoms with van der Waals surface area (Å²) in [4.78, 5) is 26.8. The van der Waals surface area contributed by atoms with Gasteiger partial charge in [-0.2, -0.15) is 4.98 Å². The summed E-state index contributed by atoms with van der Waals surface area (Å²) in [5.74, 6) is 1.28. The molecule has 3 N–H and O–H groups in total. The molecule has 1 amide bonds. The maximum Gasteiger partial charge on any atom is 0.411 e. The number of hydrogen-bond donors (Lipinski definition) is 3. The molecular weight excluding hydrogens is 742 g/mol. The smallest absolute Gasteiger partial charge is 0.411 e. The molecule has 5 heterocycles. The highest BCUT2D eigenvalue weighted by molar-refractivity contribution is 7.92. The average molecular weight is 770 g/mol. The number of benzene rings is 3. The second-order valence-electron chi connectivity index (χ2n) is 11.4. The van der Waals surface area contributed by atoms with Gasteiger partial charge in [-0.25, -0.2) is 23.3 Å². The fraction of sp³-hybridized carbons (Fsp3) is 0.147. The van der Waals surface area contributed by atoms with Gasteiger partial charge in [-0.15, -0.1) is 5.10 Å². The van der Waals surface area contributed by atoms with Crippen LogP contribution in [0.2, 0.25) is 0 Å². The van der Waals surface area contributed by atoms with Gasteiger partial charge in [-0.1, -0.05) is 12.1 Å². The van der Waals surface area contributed by atoms with Crippen LogP contribution in [0.1, 0.15) is 0 Å². The molecule has 0 atom stereocenters. The number of carbonyl (C=O) groups is 1. The molecule has 0 saturated carbocycles. The quantitative estimate of drug-likeness (QED) is 0.148. The SMILES string of the molecule is COc1ccccc1Oc1c(NS(=O)(=O)c2ccc3c(c2)OCO3)nc(-c2ccnc(-c3nnn[nH]3)c2)nc1OCCN(C(=O)O)c1ccc2c(c1)OCO2. The van der Waals surface area contributed by atoms with E-state index in [2.05, 4.69) is 40.3 Å². The molecule has 0 aliphatic carbocycles. The molecule has 6 aromatic rings. The van der Waals surface area contributed by atoms with Crippen molar-refractivity contribution in [3.05, 3.63) is 79.0 Å². The molecule has 0 bridgehead atoms. The van der Waals surface area contributed by atoms with Crippen LogP contribution in [0, 0.1) is 0 Å². The van der Waals surface area contributed by atoms with Crippen molar-refractivity contribution in [1.29, 1.82) is 0 Å². The number of aromatic nitrogens is 7. The summed E-state index contributed by atoms with van der Waals surface area (Å²) >= 11 is 0. The number of amides is 1. The minimum absolute atomic E-state index is 0.00893. The predicted octanol–water partition coefficient (Wildman–Crippen LogP) is 4.34. The van der Waals surface area contributed by atoms with Crippen molar-refractivity contribution >= 4 is 27.6 Å². The number of anilines is 2. The summed E-state index contributed by atoms with van der Waals surface area (Å²) < 4.78 is 70.0. The number of fused-ring (bicyclic) bond motifs is 2. The molecule has 8 rings (SSSR count). The van der Waals surface area contributed by atoms with E-state index in [0.717, 1.165) is 4.90 Å². The molecule has 55 heavy (non-hydrogen) atoms. The number of carboxylic acid groups (broad SMARTS) is 1. The lowest BCUT2D eigenvalue weighted by Crippen LogP contribution is -2.33. The number of hydrogen-bond acceptors (Lipinski definition) is 16. The van der Waals surface area contributed by atoms with Crippen molar-refractivity contribution in [2.24, 2.45) is 0 Å². The van der Waals surface area contributed by atoms with E-state index in [0.29, 0.717) is 34.3 Å². The lowest BCUT2D eigenvalue weighted by Gasteiger charge is -2.21. The Morgan fingerprint density at radius 1 is 0.927 bits per heavy atom. The van der Waals surface area contributed by atoms with Gasteiger partial charge in [0.05, 0.1) is 24.2 Å². The van der Waals surface area contributed by atoms with Crippen LogP contribution in [0.3, 0.4) is 0 Å². The van der Waals surface area contributed by atoms with E-state index >= 15 is 0 Å². The van der Waals surface area contributed by atoms with Crippen LogP contribution in [-0.2, 0) is 10.0 Å². The molecule has 0 radical (unpaired) electrons. The number of ether oxygens (including phenoxy) is 7. The Bertz CT molecular complexity index is 2510. The molecule has 2 aliphatic heterocycles. The Balaban J connectivity index is 1.22. The molecule has 0 unspecified atom stereocenters. The van der Waals surface area contributed by atoms with Gasteiger partial charge >= 0.3 is 6.09 Å². The fourth-order valence-corrected chi connectivity index (χ4v) is 6.47. The summed E-state index contributed by atoms with van der Waals surface area (Å²) in [5, 5.41) is 23.9. The highest BCUT2D eigenvalue weighted by Crippen LogP contribution is 2.43. The minimum Gasteiger partial charge on any atom is -0.493 e. The lowest BCUT2D eigenvalue weighted by atomic mass is 10.2. The van der Waals surface area contributed by atoms with Crippen molar-refractivity contribution < 1.29 is 51.5 Å². The topological polar surface area (TPSA) is 244 Å². The number of H-pyrrole nitrogens is 1. The van der Waals surface area contributed by atoms with Gasteiger partial charge in [0, 0.05) is 23.9 Å². The normalized spacial score (nSPS) is 12.6. The molecule has 21 heteroatoms. The molecule has 280 valence electrons. The van der Waals surface area contributed by atoms with Crippen LogP contribution in [-0.4, -0.2) is 89.0 Å². The monoisotopic (exact) mass is 769 g/mol. The van der Waals surface area contributed by atoms with Crippen molar-refractivity contribution in [1.82, 2.24) is 35.6 Å². The van der Waals surface area contributed by atoms with Gasteiger partial charge in [0.15, 0.2) is 52.0 Å². The zero-order chi connectivity index (χ0) is 37.9. The second-order valence-corrected chi connectivity index (χ2v) is 13.1. The minimum atomic E-state index is -4.41. The molecular formula is C34H27N9O11S. The molecule has 2 aliphatic rings. The third-order valence-corrected chi connectivity index (χ3v) is 9.40. The highest BCUT2D eigenvalue weighted by Gasteiger charge is 2.28. The summed E-state index contributed by atoms with van der Waals surface area (Å²) in [6.07, 6.45) is 0.183. The van der Waals surface area contributed by atoms with E-state index in [1.54, 1.807) is 48.5 Å². The number of nitrogens with zero attached hydrogens (tertiary/aromatic N) is 7. The van der Waals surface area contributed by atoms with Gasteiger partial charge in [-0.05, 0) is 59.0 Å². The first-order valence-corrected chi connectivity index (χ1v) is 17.6. The van der Waals surface area contributed by atoms with Gasteiger partial charge in [0.25, 0.3) is 15.9 Å². The second kappa shape index (κ2) is 14.5. The predicted molar refractivity (Wildman–Crippen MR) is 188 cm³/mol. The molecule has 20 nitrogen and oxygen atoms in total. The van der Waals surface area contributed by atoms with Gasteiger partial charge in [-0.3, -0.25) is 14.6 Å². The third kappa shape index (κ3) is 7.18. The zero-order valence-electron chi connectivity index (χ0n) is 28.4. The number of sulfonamides is 1. The van der Waals surface area contributed by atoms with E-state index in [1.165, 1.54) is 37.6 Å². The highest BCUT2D eigenvalue weighted by atomic mass is 32.2. The largest absolute Gasteiger partial charge is 0.493 e. The number of pyridine rings is 1. The van der Waals surface area contributed by atoms with Gasteiger partial charge in [0.1, 0.15) is 12.3 Å². The number of methoxy groups -OCH3 is 1. The van der Waals surface area contributed by atoms with E-state index in [-0.39, 0.29) is 77.9 Å². The van der Waals surface area contributed by atoms with Crippen LogP contribution in [0.25, 0.3) is 22.9 Å². The van der Waals surface area contributed by atoms with Crippen LogP contribution in [0.15, 0.2) is 83.9 Å². The standard InChI is InChI=1S/C34H27N9O11S/c1-48-23-4-2-3-5-26(23)54-29-32(40-55(46,47)21-7-9-25-28(16-21)53-18-51-25)36-30(19-10-11-35-22(14-19)31-38-41-42-39-31)37-33(29)49-13-12-43(34(44)45)20-6-8-24-27(15-20)52-17-50-24/h2-11,14-16H,12-13,17-18H2,1H3,(H,44,45)(H,36,37,40)(H,38,39,41,42). The Kier molecular flexibility index (Phi) is 9.16. The average Bonchev–Trinajstić information content (AvgIpc) is 4.00. The van der Waals surface area contributed by atoms with E-state index in [9.17, 15) is 18.3 Å². The van der Waals surface area contributed by atoms with Crippen LogP contribution >= 0.6 is 0 Å². The molecule has 0 fully saturated rings. The van der Waals surface area contributed by atoms with Crippen LogP contribution in [0.4, 0.5) is 16.3 Å². The summed E-state index contributed by atoms with van der Waals surface area (Å²) in [7, 11) is -2.97. The van der Waals surface area contributed by atoms with Crippen molar-refractivity contribution in [2.75, 3.05) is 43.5 Å². The molecule has 3 aromatic carbocycles. The zero-order valence-corrected chi connectivity index (χ0v) is 29.2. The van der Waals surface area contributed by atoms with Crippen molar-refractivity contribution in [3.8, 4) is 69.0 Å². The fourth-order valence-electron chi connectivity index (χ4n) is 5.45. The maximum absolute atomic E-state index is 14.0. The Morgan fingerprint density at radius 2 is 1.67 bits per heavy atom. The molecule has 0 spiro atoms. The first-order valence-electron chi connectivity index (χ1n) is 16.1. The Labute approximate surface area is 310 Å². The van der Waals surface area contributed by atoms with Crippen LogP contribution in [0.5, 0.6) is 46.1 Å².